The van der Waals surface area contributed by atoms with Gasteiger partial charge in [-0.05, 0) is 37.0 Å². The van der Waals surface area contributed by atoms with Gasteiger partial charge in [0.2, 0.25) is 11.8 Å². The van der Waals surface area contributed by atoms with E-state index >= 15 is 0 Å². The van der Waals surface area contributed by atoms with Crippen molar-refractivity contribution in [1.29, 1.82) is 0 Å². The number of nitrogens with zero attached hydrogens (tertiary/aromatic N) is 4. The van der Waals surface area contributed by atoms with E-state index < -0.39 is 0 Å². The number of benzene rings is 2. The molecule has 0 aliphatic carbocycles. The summed E-state index contributed by atoms with van der Waals surface area (Å²) in [6.45, 7) is 8.19. The van der Waals surface area contributed by atoms with Crippen LogP contribution in [0.3, 0.4) is 0 Å². The van der Waals surface area contributed by atoms with E-state index in [1.54, 1.807) is 6.07 Å². The molecular weight excluding hydrogens is 434 g/mol. The number of aromatic nitrogens is 4. The van der Waals surface area contributed by atoms with E-state index in [2.05, 4.69) is 64.9 Å². The van der Waals surface area contributed by atoms with Crippen molar-refractivity contribution in [3.05, 3.63) is 82.8 Å². The van der Waals surface area contributed by atoms with Gasteiger partial charge < -0.3 is 4.52 Å². The minimum absolute atomic E-state index is 0.173. The molecule has 0 spiro atoms. The third kappa shape index (κ3) is 5.51. The summed E-state index contributed by atoms with van der Waals surface area (Å²) in [6.07, 6.45) is 0.643. The van der Waals surface area contributed by atoms with Gasteiger partial charge >= 0.3 is 0 Å². The first-order valence-electron chi connectivity index (χ1n) is 10.9. The molecule has 0 aliphatic heterocycles. The molecule has 0 bridgehead atoms. The van der Waals surface area contributed by atoms with Gasteiger partial charge in [0.1, 0.15) is 5.82 Å². The van der Waals surface area contributed by atoms with E-state index in [9.17, 15) is 4.79 Å². The number of hydrogen-bond acceptors (Lipinski definition) is 6. The molecule has 2 heterocycles. The zero-order chi connectivity index (χ0) is 23.4. The molecule has 2 aromatic carbocycles. The van der Waals surface area contributed by atoms with Gasteiger partial charge in [0, 0.05) is 12.5 Å². The zero-order valence-electron chi connectivity index (χ0n) is 19.2. The molecule has 0 fully saturated rings. The van der Waals surface area contributed by atoms with Gasteiger partial charge in [-0.1, -0.05) is 78.8 Å². The van der Waals surface area contributed by atoms with Crippen molar-refractivity contribution in [3.8, 4) is 5.69 Å². The summed E-state index contributed by atoms with van der Waals surface area (Å²) in [6, 6.07) is 18.2. The van der Waals surface area contributed by atoms with E-state index in [1.807, 2.05) is 36.6 Å². The van der Waals surface area contributed by atoms with Crippen molar-refractivity contribution in [3.63, 3.8) is 0 Å². The second-order valence-electron chi connectivity index (χ2n) is 8.29. The highest BCUT2D eigenvalue weighted by molar-refractivity contribution is 7.99. The fourth-order valence-corrected chi connectivity index (χ4v) is 4.27. The van der Waals surface area contributed by atoms with Crippen LogP contribution >= 0.6 is 11.8 Å². The molecule has 0 unspecified atom stereocenters. The molecular formula is C25H27N5O2S. The van der Waals surface area contributed by atoms with Crippen molar-refractivity contribution < 1.29 is 9.32 Å². The van der Waals surface area contributed by atoms with E-state index in [1.165, 1.54) is 17.3 Å². The number of nitrogens with one attached hydrogen (secondary N) is 1. The quantitative estimate of drug-likeness (QED) is 0.358. The lowest BCUT2D eigenvalue weighted by Crippen LogP contribution is -2.14. The van der Waals surface area contributed by atoms with Crippen LogP contribution in [0, 0.1) is 13.8 Å². The number of rotatable bonds is 8. The first kappa shape index (κ1) is 22.8. The number of carbonyl (C=O) groups excluding carboxylic acids is 1. The summed E-state index contributed by atoms with van der Waals surface area (Å²) in [5.74, 6) is 1.39. The minimum atomic E-state index is -0.189. The highest BCUT2D eigenvalue weighted by Gasteiger charge is 2.18. The summed E-state index contributed by atoms with van der Waals surface area (Å²) < 4.78 is 7.26. The van der Waals surface area contributed by atoms with Gasteiger partial charge in [-0.2, -0.15) is 0 Å². The molecule has 1 amide bonds. The molecule has 4 aromatic rings. The van der Waals surface area contributed by atoms with E-state index in [0.717, 1.165) is 28.3 Å². The molecule has 0 saturated heterocycles. The van der Waals surface area contributed by atoms with Crippen LogP contribution in [0.1, 0.15) is 48.0 Å². The van der Waals surface area contributed by atoms with Crippen molar-refractivity contribution in [2.45, 2.75) is 45.2 Å². The first-order valence-corrected chi connectivity index (χ1v) is 11.8. The average molecular weight is 462 g/mol. The number of amides is 1. The maximum absolute atomic E-state index is 12.5. The lowest BCUT2D eigenvalue weighted by atomic mass is 10.1. The number of hydrogen-bond donors (Lipinski definition) is 1. The largest absolute Gasteiger partial charge is 0.338 e. The van der Waals surface area contributed by atoms with Gasteiger partial charge in [0.15, 0.2) is 5.16 Å². The van der Waals surface area contributed by atoms with Crippen LogP contribution in [-0.2, 0) is 11.2 Å². The summed E-state index contributed by atoms with van der Waals surface area (Å²) in [7, 11) is 0. The summed E-state index contributed by atoms with van der Waals surface area (Å²) >= 11 is 1.34. The lowest BCUT2D eigenvalue weighted by Gasteiger charge is -2.13. The highest BCUT2D eigenvalue weighted by atomic mass is 32.2. The Balaban J connectivity index is 1.56. The number of thioether (sulfide) groups is 1. The van der Waals surface area contributed by atoms with Gasteiger partial charge in [-0.3, -0.25) is 14.7 Å². The topological polar surface area (TPSA) is 85.8 Å². The van der Waals surface area contributed by atoms with Crippen LogP contribution in [0.25, 0.3) is 5.69 Å². The normalized spacial score (nSPS) is 11.2. The Hall–Kier alpha value is -3.39. The van der Waals surface area contributed by atoms with Crippen LogP contribution in [0.4, 0.5) is 5.88 Å². The fraction of sp³-hybridized carbons (Fsp3) is 0.280. The Kier molecular flexibility index (Phi) is 6.93. The van der Waals surface area contributed by atoms with Crippen LogP contribution in [-0.4, -0.2) is 31.6 Å². The van der Waals surface area contributed by atoms with Crippen molar-refractivity contribution >= 4 is 23.6 Å². The molecule has 4 rings (SSSR count). The molecule has 0 radical (unpaired) electrons. The lowest BCUT2D eigenvalue weighted by molar-refractivity contribution is -0.113. The van der Waals surface area contributed by atoms with Crippen molar-refractivity contribution in [2.75, 3.05) is 11.1 Å². The van der Waals surface area contributed by atoms with Gasteiger partial charge in [-0.15, -0.1) is 10.2 Å². The second-order valence-corrected chi connectivity index (χ2v) is 9.24. The molecule has 0 atom stereocenters. The Morgan fingerprint density at radius 2 is 1.88 bits per heavy atom. The van der Waals surface area contributed by atoms with Gasteiger partial charge in [0.05, 0.1) is 17.1 Å². The Morgan fingerprint density at radius 3 is 2.58 bits per heavy atom. The summed E-state index contributed by atoms with van der Waals surface area (Å²) in [5.41, 5.74) is 5.28. The molecule has 0 saturated carbocycles. The molecule has 33 heavy (non-hydrogen) atoms. The maximum atomic E-state index is 12.5. The zero-order valence-corrected chi connectivity index (χ0v) is 20.0. The summed E-state index contributed by atoms with van der Waals surface area (Å²) in [4.78, 5) is 12.5. The smallest absolute Gasteiger partial charge is 0.237 e. The Morgan fingerprint density at radius 1 is 1.09 bits per heavy atom. The molecule has 7 nitrogen and oxygen atoms in total. The first-order chi connectivity index (χ1) is 15.9. The Labute approximate surface area is 197 Å². The standard InChI is InChI=1S/C25H27N5O2S/c1-16(2)20-14-24(32-29-20)26-23(31)15-33-25-28-27-22(13-19-8-6-5-7-9-19)30(25)21-11-10-17(3)12-18(21)4/h5-12,14,16H,13,15H2,1-4H3,(H,26,31). The van der Waals surface area contributed by atoms with Crippen LogP contribution in [0.2, 0.25) is 0 Å². The van der Waals surface area contributed by atoms with Crippen LogP contribution in [0.15, 0.2) is 64.3 Å². The molecule has 8 heteroatoms. The van der Waals surface area contributed by atoms with E-state index in [-0.39, 0.29) is 17.6 Å². The third-order valence-corrected chi connectivity index (χ3v) is 6.14. The van der Waals surface area contributed by atoms with E-state index in [4.69, 9.17) is 4.52 Å². The van der Waals surface area contributed by atoms with Gasteiger partial charge in [-0.25, -0.2) is 0 Å². The van der Waals surface area contributed by atoms with E-state index in [0.29, 0.717) is 17.5 Å². The monoisotopic (exact) mass is 461 g/mol. The second kappa shape index (κ2) is 10.0. The molecule has 0 aliphatic rings. The fourth-order valence-electron chi connectivity index (χ4n) is 3.51. The number of carbonyl (C=O) groups is 1. The Bertz CT molecular complexity index is 1250. The molecule has 1 N–H and O–H groups in total. The predicted molar refractivity (Wildman–Crippen MR) is 130 cm³/mol. The highest BCUT2D eigenvalue weighted by Crippen LogP contribution is 2.26. The average Bonchev–Trinajstić information content (AvgIpc) is 3.41. The minimum Gasteiger partial charge on any atom is -0.338 e. The number of aryl methyl sites for hydroxylation is 2. The van der Waals surface area contributed by atoms with Gasteiger partial charge in [0.25, 0.3) is 0 Å². The predicted octanol–water partition coefficient (Wildman–Crippen LogP) is 5.32. The molecule has 170 valence electrons. The van der Waals surface area contributed by atoms with Crippen molar-refractivity contribution in [2.24, 2.45) is 0 Å². The summed E-state index contributed by atoms with van der Waals surface area (Å²) in [5, 5.41) is 16.3. The van der Waals surface area contributed by atoms with Crippen LogP contribution in [0.5, 0.6) is 0 Å². The van der Waals surface area contributed by atoms with Crippen LogP contribution < -0.4 is 5.32 Å². The molecule has 2 aromatic heterocycles. The third-order valence-electron chi connectivity index (χ3n) is 5.21. The SMILES string of the molecule is Cc1ccc(-n2c(Cc3ccccc3)nnc2SCC(=O)Nc2cc(C(C)C)no2)c(C)c1. The maximum Gasteiger partial charge on any atom is 0.237 e. The number of anilines is 1. The van der Waals surface area contributed by atoms with Crippen molar-refractivity contribution in [1.82, 2.24) is 19.9 Å².